The van der Waals surface area contributed by atoms with Gasteiger partial charge in [-0.15, -0.1) is 0 Å². The van der Waals surface area contributed by atoms with Crippen LogP contribution in [-0.2, 0) is 6.61 Å². The van der Waals surface area contributed by atoms with E-state index < -0.39 is 0 Å². The quantitative estimate of drug-likeness (QED) is 0.886. The van der Waals surface area contributed by atoms with Crippen molar-refractivity contribution >= 4 is 11.6 Å². The molecule has 5 heteroatoms. The number of hydrogen-bond acceptors (Lipinski definition) is 4. The Morgan fingerprint density at radius 2 is 2.14 bits per heavy atom. The van der Waals surface area contributed by atoms with Crippen molar-refractivity contribution in [3.8, 4) is 5.88 Å². The average Bonchev–Trinajstić information content (AvgIpc) is 2.47. The number of aromatic nitrogens is 1. The Balaban J connectivity index is 2.05. The van der Waals surface area contributed by atoms with E-state index >= 15 is 0 Å². The van der Waals surface area contributed by atoms with Gasteiger partial charge in [-0.1, -0.05) is 12.1 Å². The van der Waals surface area contributed by atoms with Crippen LogP contribution >= 0.6 is 0 Å². The summed E-state index contributed by atoms with van der Waals surface area (Å²) in [6.07, 6.45) is 1.52. The Kier molecular flexibility index (Phi) is 4.90. The van der Waals surface area contributed by atoms with E-state index in [4.69, 9.17) is 9.84 Å². The molecule has 0 radical (unpaired) electrons. The Morgan fingerprint density at radius 1 is 1.33 bits per heavy atom. The van der Waals surface area contributed by atoms with Gasteiger partial charge in [0.2, 0.25) is 5.88 Å². The lowest BCUT2D eigenvalue weighted by molar-refractivity contribution is 0.102. The Bertz CT molecular complexity index is 609. The number of nitrogens with zero attached hydrogens (tertiary/aromatic N) is 1. The molecule has 0 spiro atoms. The van der Waals surface area contributed by atoms with Gasteiger partial charge in [0.05, 0.1) is 18.3 Å². The standard InChI is InChI=1S/C16H18N2O3/c1-11(2)21-15-7-6-13(9-17-15)16(20)18-14-5-3-4-12(8-14)10-19/h3-9,11,19H,10H2,1-2H3,(H,18,20). The van der Waals surface area contributed by atoms with Gasteiger partial charge in [-0.2, -0.15) is 0 Å². The lowest BCUT2D eigenvalue weighted by Gasteiger charge is -2.09. The third-order valence-corrected chi connectivity index (χ3v) is 2.72. The summed E-state index contributed by atoms with van der Waals surface area (Å²) in [5, 5.41) is 11.8. The fourth-order valence-electron chi connectivity index (χ4n) is 1.78. The van der Waals surface area contributed by atoms with E-state index in [1.807, 2.05) is 13.8 Å². The fraction of sp³-hybridized carbons (Fsp3) is 0.250. The molecule has 0 atom stereocenters. The summed E-state index contributed by atoms with van der Waals surface area (Å²) >= 11 is 0. The number of aliphatic hydroxyl groups excluding tert-OH is 1. The SMILES string of the molecule is CC(C)Oc1ccc(C(=O)Nc2cccc(CO)c2)cn1. The van der Waals surface area contributed by atoms with Crippen molar-refractivity contribution in [1.29, 1.82) is 0 Å². The summed E-state index contributed by atoms with van der Waals surface area (Å²) < 4.78 is 5.43. The summed E-state index contributed by atoms with van der Waals surface area (Å²) in [4.78, 5) is 16.2. The number of carbonyl (C=O) groups is 1. The molecule has 110 valence electrons. The number of hydrogen-bond donors (Lipinski definition) is 2. The van der Waals surface area contributed by atoms with E-state index in [1.165, 1.54) is 6.20 Å². The van der Waals surface area contributed by atoms with Gasteiger partial charge in [-0.05, 0) is 37.6 Å². The van der Waals surface area contributed by atoms with Crippen LogP contribution in [0.25, 0.3) is 0 Å². The molecule has 5 nitrogen and oxygen atoms in total. The number of pyridine rings is 1. The van der Waals surface area contributed by atoms with Gasteiger partial charge in [0, 0.05) is 18.0 Å². The monoisotopic (exact) mass is 286 g/mol. The highest BCUT2D eigenvalue weighted by atomic mass is 16.5. The minimum Gasteiger partial charge on any atom is -0.475 e. The zero-order valence-corrected chi connectivity index (χ0v) is 12.0. The van der Waals surface area contributed by atoms with Crippen LogP contribution in [0.1, 0.15) is 29.8 Å². The van der Waals surface area contributed by atoms with E-state index in [9.17, 15) is 4.79 Å². The minimum absolute atomic E-state index is 0.0402. The highest BCUT2D eigenvalue weighted by Crippen LogP contribution is 2.14. The first kappa shape index (κ1) is 15.0. The number of nitrogens with one attached hydrogen (secondary N) is 1. The first-order valence-corrected chi connectivity index (χ1v) is 6.72. The summed E-state index contributed by atoms with van der Waals surface area (Å²) in [5.41, 5.74) is 1.82. The van der Waals surface area contributed by atoms with Crippen LogP contribution in [0, 0.1) is 0 Å². The van der Waals surface area contributed by atoms with E-state index in [0.717, 1.165) is 5.56 Å². The van der Waals surface area contributed by atoms with Crippen molar-refractivity contribution in [1.82, 2.24) is 4.98 Å². The topological polar surface area (TPSA) is 71.5 Å². The molecule has 0 saturated carbocycles. The summed E-state index contributed by atoms with van der Waals surface area (Å²) in [6.45, 7) is 3.76. The molecule has 0 fully saturated rings. The van der Waals surface area contributed by atoms with E-state index in [-0.39, 0.29) is 18.6 Å². The first-order valence-electron chi connectivity index (χ1n) is 6.72. The first-order chi connectivity index (χ1) is 10.1. The molecule has 21 heavy (non-hydrogen) atoms. The van der Waals surface area contributed by atoms with Gasteiger partial charge < -0.3 is 15.2 Å². The van der Waals surface area contributed by atoms with Crippen molar-refractivity contribution in [3.05, 3.63) is 53.7 Å². The van der Waals surface area contributed by atoms with Gasteiger partial charge in [0.15, 0.2) is 0 Å². The van der Waals surface area contributed by atoms with E-state index in [0.29, 0.717) is 17.1 Å². The van der Waals surface area contributed by atoms with Crippen molar-refractivity contribution in [2.24, 2.45) is 0 Å². The lowest BCUT2D eigenvalue weighted by Crippen LogP contribution is -2.13. The second kappa shape index (κ2) is 6.85. The van der Waals surface area contributed by atoms with Gasteiger partial charge in [-0.3, -0.25) is 4.79 Å². The van der Waals surface area contributed by atoms with Crippen LogP contribution in [-0.4, -0.2) is 22.1 Å². The Morgan fingerprint density at radius 3 is 2.76 bits per heavy atom. The van der Waals surface area contributed by atoms with Crippen LogP contribution < -0.4 is 10.1 Å². The average molecular weight is 286 g/mol. The van der Waals surface area contributed by atoms with Gasteiger partial charge >= 0.3 is 0 Å². The molecule has 1 amide bonds. The van der Waals surface area contributed by atoms with Crippen molar-refractivity contribution in [2.45, 2.75) is 26.6 Å². The second-order valence-corrected chi connectivity index (χ2v) is 4.86. The predicted molar refractivity (Wildman–Crippen MR) is 80.3 cm³/mol. The highest BCUT2D eigenvalue weighted by molar-refractivity contribution is 6.04. The van der Waals surface area contributed by atoms with Crippen LogP contribution in [0.4, 0.5) is 5.69 Å². The molecule has 1 heterocycles. The molecule has 2 N–H and O–H groups in total. The zero-order chi connectivity index (χ0) is 15.2. The molecular weight excluding hydrogens is 268 g/mol. The van der Waals surface area contributed by atoms with Crippen LogP contribution in [0.3, 0.4) is 0 Å². The zero-order valence-electron chi connectivity index (χ0n) is 12.0. The van der Waals surface area contributed by atoms with Crippen molar-refractivity contribution in [3.63, 3.8) is 0 Å². The largest absolute Gasteiger partial charge is 0.475 e. The number of aliphatic hydroxyl groups is 1. The molecule has 0 bridgehead atoms. The molecular formula is C16H18N2O3. The van der Waals surface area contributed by atoms with Crippen LogP contribution in [0.15, 0.2) is 42.6 Å². The maximum Gasteiger partial charge on any atom is 0.257 e. The molecule has 2 rings (SSSR count). The molecule has 0 saturated heterocycles. The van der Waals surface area contributed by atoms with Crippen LogP contribution in [0.5, 0.6) is 5.88 Å². The Labute approximate surface area is 123 Å². The van der Waals surface area contributed by atoms with Crippen LogP contribution in [0.2, 0.25) is 0 Å². The third kappa shape index (κ3) is 4.29. The van der Waals surface area contributed by atoms with E-state index in [2.05, 4.69) is 10.3 Å². The Hall–Kier alpha value is -2.40. The third-order valence-electron chi connectivity index (χ3n) is 2.72. The second-order valence-electron chi connectivity index (χ2n) is 4.86. The maximum atomic E-state index is 12.1. The minimum atomic E-state index is -0.256. The normalized spacial score (nSPS) is 10.5. The fourth-order valence-corrected chi connectivity index (χ4v) is 1.78. The number of carbonyl (C=O) groups excluding carboxylic acids is 1. The van der Waals surface area contributed by atoms with Gasteiger partial charge in [0.1, 0.15) is 0 Å². The smallest absolute Gasteiger partial charge is 0.257 e. The molecule has 0 aliphatic carbocycles. The molecule has 0 aliphatic rings. The number of anilines is 1. The predicted octanol–water partition coefficient (Wildman–Crippen LogP) is 2.61. The van der Waals surface area contributed by atoms with Crippen molar-refractivity contribution < 1.29 is 14.6 Å². The number of rotatable bonds is 5. The summed E-state index contributed by atoms with van der Waals surface area (Å²) in [5.74, 6) is 0.234. The lowest BCUT2D eigenvalue weighted by atomic mass is 10.2. The highest BCUT2D eigenvalue weighted by Gasteiger charge is 2.08. The molecule has 2 aromatic rings. The van der Waals surface area contributed by atoms with E-state index in [1.54, 1.807) is 36.4 Å². The summed E-state index contributed by atoms with van der Waals surface area (Å²) in [6, 6.07) is 10.4. The van der Waals surface area contributed by atoms with Crippen molar-refractivity contribution in [2.75, 3.05) is 5.32 Å². The molecule has 1 aromatic heterocycles. The van der Waals surface area contributed by atoms with Gasteiger partial charge in [0.25, 0.3) is 5.91 Å². The maximum absolute atomic E-state index is 12.1. The van der Waals surface area contributed by atoms with Gasteiger partial charge in [-0.25, -0.2) is 4.98 Å². The number of amides is 1. The molecule has 1 aromatic carbocycles. The number of ether oxygens (including phenoxy) is 1. The molecule has 0 unspecified atom stereocenters. The molecule has 0 aliphatic heterocycles. The number of benzene rings is 1. The summed E-state index contributed by atoms with van der Waals surface area (Å²) in [7, 11) is 0.